The van der Waals surface area contributed by atoms with Gasteiger partial charge in [-0.2, -0.15) is 68.8 Å². The van der Waals surface area contributed by atoms with Crippen molar-refractivity contribution in [2.24, 2.45) is 0 Å². The van der Waals surface area contributed by atoms with Crippen LogP contribution in [0.25, 0.3) is 0 Å². The van der Waals surface area contributed by atoms with E-state index in [0.29, 0.717) is 11.8 Å². The van der Waals surface area contributed by atoms with Gasteiger partial charge in [0.15, 0.2) is 0 Å². The number of carboxylic acid groups (broad SMARTS) is 1. The minimum atomic E-state index is -7.98. The highest BCUT2D eigenvalue weighted by molar-refractivity contribution is 7.99. The van der Waals surface area contributed by atoms with Gasteiger partial charge in [-0.05, 0) is 0 Å². The summed E-state index contributed by atoms with van der Waals surface area (Å²) in [6, 6.07) is 0. The van der Waals surface area contributed by atoms with Crippen LogP contribution in [0.4, 0.5) is 57.1 Å². The molecule has 0 aliphatic rings. The minimum Gasteiger partial charge on any atom is -0.481 e. The molecule has 0 aromatic rings. The summed E-state index contributed by atoms with van der Waals surface area (Å²) in [6.07, 6.45) is -13.4. The number of rotatable bonds is 11. The van der Waals surface area contributed by atoms with Crippen molar-refractivity contribution >= 4 is 17.7 Å². The molecular formula is C12H15F13NO3S+. The molecule has 18 heteroatoms. The third-order valence-corrected chi connectivity index (χ3v) is 4.37. The lowest BCUT2D eigenvalue weighted by Crippen LogP contribution is -2.70. The van der Waals surface area contributed by atoms with Crippen LogP contribution in [0, 0.1) is 0 Å². The second-order valence-corrected chi connectivity index (χ2v) is 6.73. The predicted molar refractivity (Wildman–Crippen MR) is 77.0 cm³/mol. The Balaban J connectivity index is 0. The first-order valence-electron chi connectivity index (χ1n) is 6.99. The van der Waals surface area contributed by atoms with Crippen LogP contribution >= 0.6 is 11.8 Å². The van der Waals surface area contributed by atoms with Gasteiger partial charge in [0.2, 0.25) is 0 Å². The highest BCUT2D eigenvalue weighted by Gasteiger charge is 2.90. The molecule has 0 aromatic heterocycles. The number of thioether (sulfide) groups is 1. The Bertz CT molecular complexity index is 582. The molecule has 0 bridgehead atoms. The van der Waals surface area contributed by atoms with Crippen LogP contribution in [-0.4, -0.2) is 69.6 Å². The molecule has 0 spiro atoms. The van der Waals surface area contributed by atoms with E-state index in [4.69, 9.17) is 10.2 Å². The largest absolute Gasteiger partial charge is 0.481 e. The number of hydrogen-bond acceptors (Lipinski definition) is 3. The molecule has 0 aromatic carbocycles. The molecule has 0 radical (unpaired) electrons. The molecule has 0 heterocycles. The fourth-order valence-electron chi connectivity index (χ4n) is 1.66. The van der Waals surface area contributed by atoms with Crippen molar-refractivity contribution in [1.82, 2.24) is 6.15 Å². The Morgan fingerprint density at radius 3 is 1.53 bits per heavy atom. The van der Waals surface area contributed by atoms with Crippen LogP contribution in [0.3, 0.4) is 0 Å². The molecule has 0 aliphatic carbocycles. The number of hydrogen-bond donors (Lipinski definition) is 3. The average Bonchev–Trinajstić information content (AvgIpc) is 2.49. The number of carboxylic acids is 1. The standard InChI is InChI=1S/C12H11F13O3S.H3N/c13-7(14,3-5(26)4-29-2-1-6(27)28)8(15,16)9(17,18)10(19,20)11(21,22)12(23,24)25;/h5,26H,1-4H2,(H,27,28);1H3/p+1. The van der Waals surface area contributed by atoms with Gasteiger partial charge in [-0.1, -0.05) is 0 Å². The zero-order valence-corrected chi connectivity index (χ0v) is 15.3. The van der Waals surface area contributed by atoms with Crippen LogP contribution in [0.2, 0.25) is 0 Å². The van der Waals surface area contributed by atoms with Crippen molar-refractivity contribution in [3.63, 3.8) is 0 Å². The molecule has 4 nitrogen and oxygen atoms in total. The van der Waals surface area contributed by atoms with Crippen molar-refractivity contribution in [3.8, 4) is 0 Å². The molecule has 1 unspecified atom stereocenters. The lowest BCUT2D eigenvalue weighted by atomic mass is 9.91. The van der Waals surface area contributed by atoms with Gasteiger partial charge in [0.25, 0.3) is 0 Å². The van der Waals surface area contributed by atoms with Crippen molar-refractivity contribution in [2.45, 2.75) is 54.7 Å². The van der Waals surface area contributed by atoms with E-state index in [-0.39, 0.29) is 11.9 Å². The first-order chi connectivity index (χ1) is 12.6. The number of alkyl halides is 13. The van der Waals surface area contributed by atoms with Gasteiger partial charge in [-0.3, -0.25) is 4.79 Å². The third-order valence-electron chi connectivity index (χ3n) is 3.26. The maximum Gasteiger partial charge on any atom is 0.460 e. The minimum absolute atomic E-state index is 0. The van der Waals surface area contributed by atoms with Crippen molar-refractivity contribution in [2.75, 3.05) is 11.5 Å². The molecule has 6 N–H and O–H groups in total. The van der Waals surface area contributed by atoms with Gasteiger partial charge < -0.3 is 16.4 Å². The SMILES string of the molecule is O=C(O)CCSCC(O)CC(F)(F)C(F)(F)C(F)(F)C(F)(F)C(F)(F)C(F)(F)F.[NH4+]. The van der Waals surface area contributed by atoms with Gasteiger partial charge >= 0.3 is 41.8 Å². The number of aliphatic hydroxyl groups excluding tert-OH is 1. The topological polar surface area (TPSA) is 94.0 Å². The Morgan fingerprint density at radius 1 is 0.767 bits per heavy atom. The average molecular weight is 500 g/mol. The van der Waals surface area contributed by atoms with E-state index in [2.05, 4.69) is 0 Å². The molecule has 0 aliphatic heterocycles. The predicted octanol–water partition coefficient (Wildman–Crippen LogP) is 5.06. The lowest BCUT2D eigenvalue weighted by Gasteiger charge is -2.40. The summed E-state index contributed by atoms with van der Waals surface area (Å²) in [6.45, 7) is 0. The normalized spacial score (nSPS) is 15.5. The summed E-state index contributed by atoms with van der Waals surface area (Å²) >= 11 is 0.348. The number of halogens is 13. The van der Waals surface area contributed by atoms with E-state index >= 15 is 0 Å². The van der Waals surface area contributed by atoms with E-state index in [1.54, 1.807) is 0 Å². The Kier molecular flexibility index (Phi) is 9.86. The van der Waals surface area contributed by atoms with Crippen LogP contribution in [0.1, 0.15) is 12.8 Å². The molecule has 0 saturated carbocycles. The number of aliphatic carboxylic acids is 1. The fourth-order valence-corrected chi connectivity index (χ4v) is 2.54. The fraction of sp³-hybridized carbons (Fsp3) is 0.917. The Labute approximate surface area is 163 Å². The number of quaternary nitrogens is 1. The molecule has 0 fully saturated rings. The smallest absolute Gasteiger partial charge is 0.460 e. The number of carbonyl (C=O) groups is 1. The van der Waals surface area contributed by atoms with E-state index < -0.39 is 66.5 Å². The molecule has 182 valence electrons. The van der Waals surface area contributed by atoms with Crippen molar-refractivity contribution < 1.29 is 72.1 Å². The molecule has 0 amide bonds. The summed E-state index contributed by atoms with van der Waals surface area (Å²) in [4.78, 5) is 10.2. The zero-order chi connectivity index (χ0) is 23.7. The maximum absolute atomic E-state index is 13.4. The third kappa shape index (κ3) is 5.74. The van der Waals surface area contributed by atoms with E-state index in [1.165, 1.54) is 0 Å². The number of aliphatic hydroxyl groups is 1. The molecular weight excluding hydrogens is 485 g/mol. The van der Waals surface area contributed by atoms with Gasteiger partial charge in [-0.15, -0.1) is 0 Å². The second kappa shape index (κ2) is 9.54. The monoisotopic (exact) mass is 500 g/mol. The van der Waals surface area contributed by atoms with E-state index in [0.717, 1.165) is 0 Å². The maximum atomic E-state index is 13.4. The molecule has 0 rings (SSSR count). The summed E-state index contributed by atoms with van der Waals surface area (Å²) in [5.41, 5.74) is 0. The summed E-state index contributed by atoms with van der Waals surface area (Å²) < 4.78 is 167. The van der Waals surface area contributed by atoms with Crippen molar-refractivity contribution in [1.29, 1.82) is 0 Å². The highest BCUT2D eigenvalue weighted by atomic mass is 32.2. The van der Waals surface area contributed by atoms with Gasteiger partial charge in [0.05, 0.1) is 12.5 Å². The first kappa shape index (κ1) is 31.0. The summed E-state index contributed by atoms with van der Waals surface area (Å²) in [7, 11) is 0. The summed E-state index contributed by atoms with van der Waals surface area (Å²) in [5, 5.41) is 17.4. The second-order valence-electron chi connectivity index (χ2n) is 5.58. The molecule has 0 saturated heterocycles. The zero-order valence-electron chi connectivity index (χ0n) is 14.5. The Hall–Kier alpha value is -1.17. The molecule has 30 heavy (non-hydrogen) atoms. The van der Waals surface area contributed by atoms with Gasteiger partial charge in [0, 0.05) is 17.9 Å². The van der Waals surface area contributed by atoms with Crippen LogP contribution in [-0.2, 0) is 4.79 Å². The van der Waals surface area contributed by atoms with Crippen molar-refractivity contribution in [3.05, 3.63) is 0 Å². The van der Waals surface area contributed by atoms with Gasteiger partial charge in [0.1, 0.15) is 0 Å². The summed E-state index contributed by atoms with van der Waals surface area (Å²) in [5.74, 6) is -40.2. The van der Waals surface area contributed by atoms with Crippen LogP contribution < -0.4 is 6.15 Å². The lowest BCUT2D eigenvalue weighted by molar-refractivity contribution is -0.440. The van der Waals surface area contributed by atoms with Crippen LogP contribution in [0.15, 0.2) is 0 Å². The molecule has 1 atom stereocenters. The first-order valence-corrected chi connectivity index (χ1v) is 8.15. The van der Waals surface area contributed by atoms with E-state index in [1.807, 2.05) is 0 Å². The van der Waals surface area contributed by atoms with E-state index in [9.17, 15) is 61.9 Å². The van der Waals surface area contributed by atoms with Gasteiger partial charge in [-0.25, -0.2) is 0 Å². The van der Waals surface area contributed by atoms with Crippen LogP contribution in [0.5, 0.6) is 0 Å². The quantitative estimate of drug-likeness (QED) is 0.273. The highest BCUT2D eigenvalue weighted by Crippen LogP contribution is 2.60. The Morgan fingerprint density at radius 2 is 1.17 bits per heavy atom.